The van der Waals surface area contributed by atoms with Gasteiger partial charge in [0.15, 0.2) is 5.78 Å². The number of ketones is 1. The average Bonchev–Trinajstić information content (AvgIpc) is 2.21. The van der Waals surface area contributed by atoms with E-state index < -0.39 is 6.61 Å². The molecule has 6 heteroatoms. The van der Waals surface area contributed by atoms with E-state index in [1.807, 2.05) is 0 Å². The largest absolute Gasteiger partial charge is 0.434 e. The lowest BCUT2D eigenvalue weighted by Crippen LogP contribution is -2.07. The van der Waals surface area contributed by atoms with Crippen LogP contribution in [0.2, 0.25) is 0 Å². The van der Waals surface area contributed by atoms with Gasteiger partial charge < -0.3 is 4.74 Å². The standard InChI is InChI=1S/C10H8Br2F2O2/c1-2-8(15)5-3-6(11)7(12)4-9(5)16-10(13)14/h3-4,10H,2H2,1H3. The molecule has 0 aliphatic rings. The molecule has 2 nitrogen and oxygen atoms in total. The Morgan fingerprint density at radius 1 is 1.38 bits per heavy atom. The molecule has 0 unspecified atom stereocenters. The maximum Gasteiger partial charge on any atom is 0.387 e. The van der Waals surface area contributed by atoms with Gasteiger partial charge in [0.1, 0.15) is 5.75 Å². The van der Waals surface area contributed by atoms with E-state index in [-0.39, 0.29) is 23.5 Å². The van der Waals surface area contributed by atoms with E-state index >= 15 is 0 Å². The summed E-state index contributed by atoms with van der Waals surface area (Å²) in [6, 6.07) is 2.81. The molecule has 0 fully saturated rings. The van der Waals surface area contributed by atoms with E-state index in [1.54, 1.807) is 6.92 Å². The fourth-order valence-corrected chi connectivity index (χ4v) is 1.80. The van der Waals surface area contributed by atoms with Gasteiger partial charge in [-0.25, -0.2) is 0 Å². The summed E-state index contributed by atoms with van der Waals surface area (Å²) >= 11 is 6.36. The first-order chi connectivity index (χ1) is 7.45. The maximum absolute atomic E-state index is 12.1. The molecule has 0 saturated heterocycles. The molecule has 0 bridgehead atoms. The van der Waals surface area contributed by atoms with E-state index in [0.717, 1.165) is 0 Å². The molecule has 0 spiro atoms. The van der Waals surface area contributed by atoms with Gasteiger partial charge in [-0.15, -0.1) is 0 Å². The Labute approximate surface area is 108 Å². The number of benzene rings is 1. The summed E-state index contributed by atoms with van der Waals surface area (Å²) in [7, 11) is 0. The monoisotopic (exact) mass is 356 g/mol. The summed E-state index contributed by atoms with van der Waals surface area (Å²) in [6.45, 7) is -1.29. The van der Waals surface area contributed by atoms with Crippen LogP contribution in [0.3, 0.4) is 0 Å². The van der Waals surface area contributed by atoms with Crippen LogP contribution < -0.4 is 4.74 Å². The third-order valence-electron chi connectivity index (χ3n) is 1.86. The first kappa shape index (κ1) is 13.6. The molecule has 0 amide bonds. The first-order valence-corrected chi connectivity index (χ1v) is 6.01. The van der Waals surface area contributed by atoms with E-state index in [1.165, 1.54) is 12.1 Å². The van der Waals surface area contributed by atoms with Crippen molar-refractivity contribution in [2.45, 2.75) is 20.0 Å². The molecule has 16 heavy (non-hydrogen) atoms. The molecule has 0 aliphatic heterocycles. The highest BCUT2D eigenvalue weighted by atomic mass is 79.9. The highest BCUT2D eigenvalue weighted by molar-refractivity contribution is 9.13. The minimum Gasteiger partial charge on any atom is -0.434 e. The van der Waals surface area contributed by atoms with Crippen LogP contribution in [0.25, 0.3) is 0 Å². The van der Waals surface area contributed by atoms with Crippen molar-refractivity contribution in [1.82, 2.24) is 0 Å². The quantitative estimate of drug-likeness (QED) is 0.746. The van der Waals surface area contributed by atoms with Crippen molar-refractivity contribution in [1.29, 1.82) is 0 Å². The Morgan fingerprint density at radius 3 is 2.44 bits per heavy atom. The summed E-state index contributed by atoms with van der Waals surface area (Å²) in [5.41, 5.74) is 0.151. The first-order valence-electron chi connectivity index (χ1n) is 4.42. The van der Waals surface area contributed by atoms with Gasteiger partial charge in [-0.05, 0) is 44.0 Å². The number of hydrogen-bond acceptors (Lipinski definition) is 2. The Hall–Kier alpha value is -0.490. The number of halogens is 4. The van der Waals surface area contributed by atoms with Crippen LogP contribution in [-0.4, -0.2) is 12.4 Å². The predicted molar refractivity (Wildman–Crippen MR) is 63.1 cm³/mol. The zero-order valence-corrected chi connectivity index (χ0v) is 11.4. The van der Waals surface area contributed by atoms with E-state index in [2.05, 4.69) is 36.6 Å². The highest BCUT2D eigenvalue weighted by Crippen LogP contribution is 2.32. The number of carbonyl (C=O) groups is 1. The molecule has 1 aromatic rings. The number of alkyl halides is 2. The molecule has 0 N–H and O–H groups in total. The van der Waals surface area contributed by atoms with Gasteiger partial charge in [0.25, 0.3) is 0 Å². The normalized spacial score (nSPS) is 10.6. The Bertz CT molecular complexity index is 408. The maximum atomic E-state index is 12.1. The predicted octanol–water partition coefficient (Wildman–Crippen LogP) is 4.41. The van der Waals surface area contributed by atoms with Crippen LogP contribution in [0.1, 0.15) is 23.7 Å². The number of hydrogen-bond donors (Lipinski definition) is 0. The van der Waals surface area contributed by atoms with Crippen molar-refractivity contribution in [2.75, 3.05) is 0 Å². The number of ether oxygens (including phenoxy) is 1. The zero-order chi connectivity index (χ0) is 12.3. The van der Waals surface area contributed by atoms with Crippen molar-refractivity contribution in [3.8, 4) is 5.75 Å². The lowest BCUT2D eigenvalue weighted by Gasteiger charge is -2.10. The minimum absolute atomic E-state index is 0.114. The van der Waals surface area contributed by atoms with Crippen molar-refractivity contribution >= 4 is 37.6 Å². The smallest absolute Gasteiger partial charge is 0.387 e. The molecule has 0 atom stereocenters. The van der Waals surface area contributed by atoms with Gasteiger partial charge in [-0.2, -0.15) is 8.78 Å². The summed E-state index contributed by atoms with van der Waals surface area (Å²) in [5.74, 6) is -0.360. The molecule has 1 rings (SSSR count). The van der Waals surface area contributed by atoms with Gasteiger partial charge in [0.2, 0.25) is 0 Å². The molecule has 0 aliphatic carbocycles. The SMILES string of the molecule is CCC(=O)c1cc(Br)c(Br)cc1OC(F)F. The van der Waals surface area contributed by atoms with Crippen molar-refractivity contribution in [3.05, 3.63) is 26.6 Å². The van der Waals surface area contributed by atoms with Gasteiger partial charge in [-0.1, -0.05) is 6.92 Å². The highest BCUT2D eigenvalue weighted by Gasteiger charge is 2.16. The number of Topliss-reactive ketones (excluding diaryl/α,β-unsaturated/α-hetero) is 1. The van der Waals surface area contributed by atoms with E-state index in [9.17, 15) is 13.6 Å². The lowest BCUT2D eigenvalue weighted by atomic mass is 10.1. The van der Waals surface area contributed by atoms with Crippen molar-refractivity contribution in [3.63, 3.8) is 0 Å². The van der Waals surface area contributed by atoms with Crippen molar-refractivity contribution in [2.24, 2.45) is 0 Å². The fraction of sp³-hybridized carbons (Fsp3) is 0.300. The zero-order valence-electron chi connectivity index (χ0n) is 8.27. The summed E-state index contributed by atoms with van der Waals surface area (Å²) in [5, 5.41) is 0. The average molecular weight is 358 g/mol. The van der Waals surface area contributed by atoms with Gasteiger partial charge in [-0.3, -0.25) is 4.79 Å². The molecular weight excluding hydrogens is 350 g/mol. The van der Waals surface area contributed by atoms with Gasteiger partial charge in [0.05, 0.1) is 5.56 Å². The van der Waals surface area contributed by atoms with Crippen LogP contribution in [0.4, 0.5) is 8.78 Å². The molecular formula is C10H8Br2F2O2. The molecule has 0 saturated carbocycles. The summed E-state index contributed by atoms with van der Waals surface area (Å²) in [4.78, 5) is 11.5. The molecule has 1 aromatic carbocycles. The Kier molecular flexibility index (Phi) is 4.86. The number of rotatable bonds is 4. The Morgan fingerprint density at radius 2 is 1.94 bits per heavy atom. The molecule has 88 valence electrons. The van der Waals surface area contributed by atoms with E-state index in [4.69, 9.17) is 0 Å². The van der Waals surface area contributed by atoms with Crippen LogP contribution >= 0.6 is 31.9 Å². The molecule has 0 heterocycles. The van der Waals surface area contributed by atoms with E-state index in [0.29, 0.717) is 8.95 Å². The van der Waals surface area contributed by atoms with Crippen LogP contribution in [0.15, 0.2) is 21.1 Å². The summed E-state index contributed by atoms with van der Waals surface area (Å²) in [6.07, 6.45) is 0.230. The Balaban J connectivity index is 3.21. The second-order valence-corrected chi connectivity index (χ2v) is 4.63. The second-order valence-electron chi connectivity index (χ2n) is 2.92. The van der Waals surface area contributed by atoms with Crippen LogP contribution in [0.5, 0.6) is 5.75 Å². The third-order valence-corrected chi connectivity index (χ3v) is 3.70. The number of carbonyl (C=O) groups excluding carboxylic acids is 1. The van der Waals surface area contributed by atoms with Gasteiger partial charge in [0, 0.05) is 15.4 Å². The fourth-order valence-electron chi connectivity index (χ4n) is 1.13. The topological polar surface area (TPSA) is 26.3 Å². The van der Waals surface area contributed by atoms with Gasteiger partial charge >= 0.3 is 6.61 Å². The minimum atomic E-state index is -2.95. The molecule has 0 aromatic heterocycles. The van der Waals surface area contributed by atoms with Crippen LogP contribution in [0, 0.1) is 0 Å². The summed E-state index contributed by atoms with van der Waals surface area (Å²) < 4.78 is 29.7. The van der Waals surface area contributed by atoms with Crippen LogP contribution in [-0.2, 0) is 0 Å². The molecule has 0 radical (unpaired) electrons. The third kappa shape index (κ3) is 3.25. The van der Waals surface area contributed by atoms with Crippen molar-refractivity contribution < 1.29 is 18.3 Å². The lowest BCUT2D eigenvalue weighted by molar-refractivity contribution is -0.0501. The second kappa shape index (κ2) is 5.72.